The molecule has 0 aliphatic heterocycles. The fraction of sp³-hybridized carbons (Fsp3) is 0.250. The van der Waals surface area contributed by atoms with Crippen molar-refractivity contribution in [1.29, 1.82) is 0 Å². The second-order valence-electron chi connectivity index (χ2n) is 9.57. The molecule has 1 aliphatic rings. The van der Waals surface area contributed by atoms with Crippen molar-refractivity contribution in [2.24, 2.45) is 5.73 Å². The second-order valence-corrected chi connectivity index (χ2v) is 10.6. The molecule has 1 aliphatic carbocycles. The number of benzene rings is 1. The van der Waals surface area contributed by atoms with Crippen LogP contribution in [0, 0.1) is 6.92 Å². The number of aryl methyl sites for hydroxylation is 2. The van der Waals surface area contributed by atoms with Crippen LogP contribution in [0.2, 0.25) is 0 Å². The minimum atomic E-state index is -2.76. The minimum absolute atomic E-state index is 0.0606. The van der Waals surface area contributed by atoms with Crippen LogP contribution in [0.4, 0.5) is 14.5 Å². The number of amides is 2. The maximum Gasteiger partial charge on any atom is 0.280 e. The first-order valence-corrected chi connectivity index (χ1v) is 13.4. The lowest BCUT2D eigenvalue weighted by Crippen LogP contribution is -2.17. The van der Waals surface area contributed by atoms with Crippen molar-refractivity contribution in [3.63, 3.8) is 0 Å². The molecule has 0 saturated heterocycles. The van der Waals surface area contributed by atoms with Crippen LogP contribution >= 0.6 is 11.3 Å². The van der Waals surface area contributed by atoms with E-state index in [0.717, 1.165) is 35.4 Å². The third-order valence-electron chi connectivity index (χ3n) is 6.92. The van der Waals surface area contributed by atoms with E-state index in [1.165, 1.54) is 6.07 Å². The quantitative estimate of drug-likeness (QED) is 0.252. The van der Waals surface area contributed by atoms with Gasteiger partial charge in [0, 0.05) is 29.1 Å². The average Bonchev–Trinajstić information content (AvgIpc) is 3.61. The van der Waals surface area contributed by atoms with Gasteiger partial charge in [-0.1, -0.05) is 18.2 Å². The second kappa shape index (κ2) is 9.49. The Morgan fingerprint density at radius 1 is 1.21 bits per heavy atom. The molecular weight excluding hydrogens is 522 g/mol. The normalized spacial score (nSPS) is 13.5. The Kier molecular flexibility index (Phi) is 6.10. The molecule has 0 atom stereocenters. The van der Waals surface area contributed by atoms with Crippen molar-refractivity contribution < 1.29 is 18.4 Å². The maximum atomic E-state index is 13.9. The molecule has 1 fully saturated rings. The number of carbonyl (C=O) groups excluding carboxylic acids is 2. The molecular formula is C28H24F2N6O2S. The monoisotopic (exact) mass is 546 g/mol. The Morgan fingerprint density at radius 3 is 2.64 bits per heavy atom. The lowest BCUT2D eigenvalue weighted by atomic mass is 10.0. The molecule has 1 saturated carbocycles. The molecule has 0 spiro atoms. The number of nitrogens with two attached hydrogens (primary N) is 1. The number of pyridine rings is 2. The summed E-state index contributed by atoms with van der Waals surface area (Å²) in [5.74, 6) is -1.18. The lowest BCUT2D eigenvalue weighted by molar-refractivity contribution is 0.100. The molecule has 8 nitrogen and oxygen atoms in total. The van der Waals surface area contributed by atoms with Crippen LogP contribution < -0.4 is 11.1 Å². The molecule has 39 heavy (non-hydrogen) atoms. The van der Waals surface area contributed by atoms with Gasteiger partial charge in [-0.05, 0) is 56.4 Å². The van der Waals surface area contributed by atoms with E-state index in [1.54, 1.807) is 16.8 Å². The molecule has 1 aromatic carbocycles. The maximum absolute atomic E-state index is 13.9. The fourth-order valence-electron chi connectivity index (χ4n) is 4.88. The van der Waals surface area contributed by atoms with Crippen molar-refractivity contribution >= 4 is 50.0 Å². The number of primary amides is 1. The lowest BCUT2D eigenvalue weighted by Gasteiger charge is -2.12. The van der Waals surface area contributed by atoms with Gasteiger partial charge in [0.1, 0.15) is 15.4 Å². The molecule has 11 heteroatoms. The summed E-state index contributed by atoms with van der Waals surface area (Å²) in [7, 11) is 0. The average molecular weight is 547 g/mol. The number of halogens is 2. The van der Waals surface area contributed by atoms with Crippen molar-refractivity contribution in [2.75, 3.05) is 5.32 Å². The highest BCUT2D eigenvalue weighted by Crippen LogP contribution is 2.48. The predicted octanol–water partition coefficient (Wildman–Crippen LogP) is 6.20. The van der Waals surface area contributed by atoms with E-state index in [1.807, 2.05) is 38.2 Å². The Bertz CT molecular complexity index is 1790. The van der Waals surface area contributed by atoms with Gasteiger partial charge in [-0.3, -0.25) is 14.3 Å². The number of fused-ring (bicyclic) bond motifs is 2. The zero-order valence-electron chi connectivity index (χ0n) is 21.2. The first kappa shape index (κ1) is 25.1. The van der Waals surface area contributed by atoms with E-state index in [9.17, 15) is 18.4 Å². The molecule has 0 radical (unpaired) electrons. The van der Waals surface area contributed by atoms with Gasteiger partial charge in [-0.2, -0.15) is 5.10 Å². The standard InChI is InChI=1S/C28H24F2N6O2S/c1-3-36-12-18(13(2)35-36)20-11-17(15-6-4-5-7-19(15)32-20)27(38)34-23-22-16(14-8-9-14)10-21(25(29)30)33-28(22)39-24(23)26(31)37/h4-7,10-12,14,25H,3,8-9H2,1-2H3,(H2,31,37)(H,34,38). The van der Waals surface area contributed by atoms with Crippen LogP contribution in [0.3, 0.4) is 0 Å². The third kappa shape index (κ3) is 4.42. The van der Waals surface area contributed by atoms with Crippen LogP contribution in [0.5, 0.6) is 0 Å². The Hall–Kier alpha value is -4.25. The highest BCUT2D eigenvalue weighted by atomic mass is 32.1. The van der Waals surface area contributed by atoms with Gasteiger partial charge in [0.2, 0.25) is 0 Å². The van der Waals surface area contributed by atoms with Gasteiger partial charge in [0.15, 0.2) is 0 Å². The first-order chi connectivity index (χ1) is 18.7. The summed E-state index contributed by atoms with van der Waals surface area (Å²) < 4.78 is 29.0. The van der Waals surface area contributed by atoms with Crippen LogP contribution in [-0.2, 0) is 6.54 Å². The zero-order chi connectivity index (χ0) is 27.4. The molecule has 3 N–H and O–H groups in total. The highest BCUT2D eigenvalue weighted by molar-refractivity contribution is 7.21. The molecule has 0 unspecified atom stereocenters. The summed E-state index contributed by atoms with van der Waals surface area (Å²) >= 11 is 0.914. The predicted molar refractivity (Wildman–Crippen MR) is 146 cm³/mol. The molecule has 4 heterocycles. The fourth-order valence-corrected chi connectivity index (χ4v) is 5.90. The van der Waals surface area contributed by atoms with Gasteiger partial charge in [-0.15, -0.1) is 11.3 Å². The SMILES string of the molecule is CCn1cc(-c2cc(C(=O)Nc3c(C(N)=O)sc4nc(C(F)F)cc(C5CC5)c34)c3ccccc3n2)c(C)n1. The molecule has 2 amide bonds. The van der Waals surface area contributed by atoms with Crippen LogP contribution in [0.15, 0.2) is 42.6 Å². The van der Waals surface area contributed by atoms with Gasteiger partial charge in [0.25, 0.3) is 18.2 Å². The van der Waals surface area contributed by atoms with Gasteiger partial charge >= 0.3 is 0 Å². The van der Waals surface area contributed by atoms with Gasteiger partial charge in [-0.25, -0.2) is 18.7 Å². The topological polar surface area (TPSA) is 116 Å². The van der Waals surface area contributed by atoms with Crippen molar-refractivity contribution in [2.45, 2.75) is 45.6 Å². The number of hydrogen-bond donors (Lipinski definition) is 2. The minimum Gasteiger partial charge on any atom is -0.365 e. The van der Waals surface area contributed by atoms with Gasteiger partial charge in [0.05, 0.1) is 28.2 Å². The Balaban J connectivity index is 1.51. The Morgan fingerprint density at radius 2 is 1.97 bits per heavy atom. The summed E-state index contributed by atoms with van der Waals surface area (Å²) in [6.45, 7) is 4.56. The number of alkyl halides is 2. The van der Waals surface area contributed by atoms with E-state index < -0.39 is 18.2 Å². The number of thiophene rings is 1. The van der Waals surface area contributed by atoms with E-state index in [2.05, 4.69) is 15.4 Å². The number of rotatable bonds is 7. The van der Waals surface area contributed by atoms with E-state index >= 15 is 0 Å². The van der Waals surface area contributed by atoms with Crippen molar-refractivity contribution in [1.82, 2.24) is 19.7 Å². The number of para-hydroxylation sites is 1. The van der Waals surface area contributed by atoms with Crippen LogP contribution in [-0.4, -0.2) is 31.6 Å². The number of aromatic nitrogens is 4. The summed E-state index contributed by atoms with van der Waals surface area (Å²) in [4.78, 5) is 35.5. The molecule has 4 aromatic heterocycles. The van der Waals surface area contributed by atoms with Crippen molar-refractivity contribution in [3.8, 4) is 11.3 Å². The number of nitrogens with zero attached hydrogens (tertiary/aromatic N) is 4. The van der Waals surface area contributed by atoms with Crippen molar-refractivity contribution in [3.05, 3.63) is 70.0 Å². The van der Waals surface area contributed by atoms with E-state index in [0.29, 0.717) is 39.7 Å². The van der Waals surface area contributed by atoms with E-state index in [4.69, 9.17) is 10.7 Å². The Labute approximate surface area is 225 Å². The number of nitrogens with one attached hydrogen (secondary N) is 1. The van der Waals surface area contributed by atoms with Crippen LogP contribution in [0.25, 0.3) is 32.4 Å². The first-order valence-electron chi connectivity index (χ1n) is 12.6. The van der Waals surface area contributed by atoms with Gasteiger partial charge < -0.3 is 11.1 Å². The molecule has 5 aromatic rings. The molecule has 0 bridgehead atoms. The van der Waals surface area contributed by atoms with E-state index in [-0.39, 0.29) is 27.0 Å². The summed E-state index contributed by atoms with van der Waals surface area (Å²) in [6, 6.07) is 10.4. The summed E-state index contributed by atoms with van der Waals surface area (Å²) in [5.41, 5.74) is 9.32. The highest BCUT2D eigenvalue weighted by Gasteiger charge is 2.32. The number of hydrogen-bond acceptors (Lipinski definition) is 6. The largest absolute Gasteiger partial charge is 0.365 e. The van der Waals surface area contributed by atoms with Crippen LogP contribution in [0.1, 0.15) is 69.1 Å². The molecule has 6 rings (SSSR count). The number of carbonyl (C=O) groups is 2. The number of anilines is 1. The molecule has 198 valence electrons. The smallest absolute Gasteiger partial charge is 0.280 e. The summed E-state index contributed by atoms with van der Waals surface area (Å²) in [5, 5.41) is 8.52. The summed E-state index contributed by atoms with van der Waals surface area (Å²) in [6.07, 6.45) is 0.797. The third-order valence-corrected chi connectivity index (χ3v) is 8.02. The zero-order valence-corrected chi connectivity index (χ0v) is 22.0.